The van der Waals surface area contributed by atoms with E-state index in [-0.39, 0.29) is 0 Å². The van der Waals surface area contributed by atoms with E-state index < -0.39 is 0 Å². The van der Waals surface area contributed by atoms with E-state index in [0.29, 0.717) is 0 Å². The molecule has 0 saturated heterocycles. The first-order chi connectivity index (χ1) is 9.69. The van der Waals surface area contributed by atoms with Gasteiger partial charge in [-0.05, 0) is 36.1 Å². The number of tetrazole rings is 1. The summed E-state index contributed by atoms with van der Waals surface area (Å²) in [5.74, 6) is 0.932. The summed E-state index contributed by atoms with van der Waals surface area (Å²) in [5.41, 5.74) is 0. The Labute approximate surface area is 127 Å². The van der Waals surface area contributed by atoms with E-state index in [1.54, 1.807) is 4.68 Å². The highest BCUT2D eigenvalue weighted by Gasteiger charge is 2.09. The SMILES string of the molecule is CCCCN(CCCC)C(=S)CCCc1nnnn1C. The lowest BCUT2D eigenvalue weighted by Gasteiger charge is -2.25. The molecule has 0 aliphatic carbocycles. The topological polar surface area (TPSA) is 46.8 Å². The molecule has 0 bridgehead atoms. The lowest BCUT2D eigenvalue weighted by molar-refractivity contribution is 0.396. The van der Waals surface area contributed by atoms with Gasteiger partial charge in [0.15, 0.2) is 5.82 Å². The standard InChI is InChI=1S/C14H27N5S/c1-4-6-11-19(12-7-5-2)14(20)10-8-9-13-15-16-17-18(13)3/h4-12H2,1-3H3. The number of aryl methyl sites for hydroxylation is 2. The highest BCUT2D eigenvalue weighted by atomic mass is 32.1. The van der Waals surface area contributed by atoms with Crippen molar-refractivity contribution in [1.29, 1.82) is 0 Å². The van der Waals surface area contributed by atoms with Crippen LogP contribution in [0.1, 0.15) is 58.2 Å². The first-order valence-corrected chi connectivity index (χ1v) is 8.08. The van der Waals surface area contributed by atoms with E-state index in [0.717, 1.165) is 43.2 Å². The number of rotatable bonds is 10. The summed E-state index contributed by atoms with van der Waals surface area (Å²) in [6, 6.07) is 0. The summed E-state index contributed by atoms with van der Waals surface area (Å²) in [6.45, 7) is 6.64. The molecule has 5 nitrogen and oxygen atoms in total. The van der Waals surface area contributed by atoms with Crippen LogP contribution >= 0.6 is 12.2 Å². The molecule has 6 heteroatoms. The molecule has 0 amide bonds. The maximum Gasteiger partial charge on any atom is 0.150 e. The maximum atomic E-state index is 5.60. The molecule has 1 aromatic rings. The predicted octanol–water partition coefficient (Wildman–Crippen LogP) is 2.76. The largest absolute Gasteiger partial charge is 0.366 e. The van der Waals surface area contributed by atoms with Crippen LogP contribution in [0.3, 0.4) is 0 Å². The molecular formula is C14H27N5S. The molecule has 1 aromatic heterocycles. The summed E-state index contributed by atoms with van der Waals surface area (Å²) in [5, 5.41) is 11.5. The summed E-state index contributed by atoms with van der Waals surface area (Å²) in [6.07, 6.45) is 7.73. The van der Waals surface area contributed by atoms with Gasteiger partial charge < -0.3 is 4.90 Å². The van der Waals surface area contributed by atoms with Crippen LogP contribution in [-0.4, -0.2) is 43.2 Å². The Morgan fingerprint density at radius 1 is 1.15 bits per heavy atom. The van der Waals surface area contributed by atoms with Gasteiger partial charge in [0.2, 0.25) is 0 Å². The molecular weight excluding hydrogens is 270 g/mol. The van der Waals surface area contributed by atoms with Crippen LogP contribution in [0.15, 0.2) is 0 Å². The van der Waals surface area contributed by atoms with Crippen LogP contribution in [-0.2, 0) is 13.5 Å². The van der Waals surface area contributed by atoms with Crippen molar-refractivity contribution in [3.63, 3.8) is 0 Å². The van der Waals surface area contributed by atoms with Gasteiger partial charge in [-0.15, -0.1) is 5.10 Å². The summed E-state index contributed by atoms with van der Waals surface area (Å²) >= 11 is 5.60. The Kier molecular flexibility index (Phi) is 8.34. The molecule has 0 unspecified atom stereocenters. The van der Waals surface area contributed by atoms with Gasteiger partial charge in [-0.1, -0.05) is 38.9 Å². The molecule has 0 aliphatic rings. The van der Waals surface area contributed by atoms with Crippen LogP contribution in [0.4, 0.5) is 0 Å². The predicted molar refractivity (Wildman–Crippen MR) is 85.7 cm³/mol. The van der Waals surface area contributed by atoms with Gasteiger partial charge in [-0.3, -0.25) is 0 Å². The van der Waals surface area contributed by atoms with E-state index in [1.165, 1.54) is 25.7 Å². The molecule has 1 rings (SSSR count). The average molecular weight is 297 g/mol. The second kappa shape index (κ2) is 9.80. The molecule has 114 valence electrons. The second-order valence-electron chi connectivity index (χ2n) is 5.16. The summed E-state index contributed by atoms with van der Waals surface area (Å²) in [4.78, 5) is 3.49. The van der Waals surface area contributed by atoms with Crippen molar-refractivity contribution in [3.8, 4) is 0 Å². The smallest absolute Gasteiger partial charge is 0.150 e. The van der Waals surface area contributed by atoms with Crippen molar-refractivity contribution in [1.82, 2.24) is 25.1 Å². The third-order valence-corrected chi connectivity index (χ3v) is 3.88. The minimum Gasteiger partial charge on any atom is -0.366 e. The number of aromatic nitrogens is 4. The molecule has 0 spiro atoms. The molecule has 1 heterocycles. The Hall–Kier alpha value is -1.04. The van der Waals surface area contributed by atoms with Crippen molar-refractivity contribution in [2.24, 2.45) is 7.05 Å². The van der Waals surface area contributed by atoms with Crippen molar-refractivity contribution in [2.75, 3.05) is 13.1 Å². The minimum absolute atomic E-state index is 0.888. The van der Waals surface area contributed by atoms with Gasteiger partial charge >= 0.3 is 0 Å². The Morgan fingerprint density at radius 2 is 1.80 bits per heavy atom. The van der Waals surface area contributed by atoms with Crippen LogP contribution in [0.5, 0.6) is 0 Å². The zero-order valence-electron chi connectivity index (χ0n) is 13.0. The molecule has 0 saturated carbocycles. The normalized spacial score (nSPS) is 10.8. The van der Waals surface area contributed by atoms with E-state index in [4.69, 9.17) is 12.2 Å². The molecule has 20 heavy (non-hydrogen) atoms. The Balaban J connectivity index is 2.34. The number of hydrogen-bond donors (Lipinski definition) is 0. The zero-order valence-corrected chi connectivity index (χ0v) is 13.8. The lowest BCUT2D eigenvalue weighted by atomic mass is 10.2. The van der Waals surface area contributed by atoms with Crippen LogP contribution in [0.2, 0.25) is 0 Å². The highest BCUT2D eigenvalue weighted by molar-refractivity contribution is 7.80. The maximum absolute atomic E-state index is 5.60. The number of unbranched alkanes of at least 4 members (excludes halogenated alkanes) is 2. The average Bonchev–Trinajstić information content (AvgIpc) is 2.84. The first kappa shape index (κ1) is 17.0. The van der Waals surface area contributed by atoms with Crippen LogP contribution < -0.4 is 0 Å². The van der Waals surface area contributed by atoms with Crippen LogP contribution in [0, 0.1) is 0 Å². The molecule has 0 fully saturated rings. The van der Waals surface area contributed by atoms with Gasteiger partial charge in [0, 0.05) is 26.6 Å². The van der Waals surface area contributed by atoms with E-state index in [2.05, 4.69) is 34.3 Å². The highest BCUT2D eigenvalue weighted by Crippen LogP contribution is 2.08. The Morgan fingerprint density at radius 3 is 2.30 bits per heavy atom. The van der Waals surface area contributed by atoms with Crippen LogP contribution in [0.25, 0.3) is 0 Å². The molecule has 0 radical (unpaired) electrons. The summed E-state index contributed by atoms with van der Waals surface area (Å²) in [7, 11) is 1.88. The minimum atomic E-state index is 0.888. The first-order valence-electron chi connectivity index (χ1n) is 7.68. The third kappa shape index (κ3) is 5.94. The van der Waals surface area contributed by atoms with Crippen molar-refractivity contribution in [3.05, 3.63) is 5.82 Å². The van der Waals surface area contributed by atoms with Gasteiger partial charge in [0.1, 0.15) is 0 Å². The zero-order chi connectivity index (χ0) is 14.8. The van der Waals surface area contributed by atoms with Crippen molar-refractivity contribution in [2.45, 2.75) is 58.8 Å². The number of nitrogens with zero attached hydrogens (tertiary/aromatic N) is 5. The quantitative estimate of drug-likeness (QED) is 0.621. The summed E-state index contributed by atoms with van der Waals surface area (Å²) < 4.78 is 1.73. The fourth-order valence-corrected chi connectivity index (χ4v) is 2.40. The van der Waals surface area contributed by atoms with E-state index in [9.17, 15) is 0 Å². The third-order valence-electron chi connectivity index (χ3n) is 3.41. The molecule has 0 aromatic carbocycles. The fraction of sp³-hybridized carbons (Fsp3) is 0.857. The van der Waals surface area contributed by atoms with Gasteiger partial charge in [-0.2, -0.15) is 0 Å². The van der Waals surface area contributed by atoms with Crippen molar-refractivity contribution >= 4 is 17.2 Å². The lowest BCUT2D eigenvalue weighted by Crippen LogP contribution is -2.31. The van der Waals surface area contributed by atoms with Gasteiger partial charge in [0.05, 0.1) is 4.99 Å². The fourth-order valence-electron chi connectivity index (χ4n) is 2.07. The molecule has 0 N–H and O–H groups in total. The Bertz CT molecular complexity index is 383. The van der Waals surface area contributed by atoms with Crippen molar-refractivity contribution < 1.29 is 0 Å². The monoisotopic (exact) mass is 297 g/mol. The molecule has 0 aliphatic heterocycles. The van der Waals surface area contributed by atoms with Gasteiger partial charge in [0.25, 0.3) is 0 Å². The van der Waals surface area contributed by atoms with Gasteiger partial charge in [-0.25, -0.2) is 4.68 Å². The van der Waals surface area contributed by atoms with E-state index in [1.807, 2.05) is 7.05 Å². The molecule has 0 atom stereocenters. The second-order valence-corrected chi connectivity index (χ2v) is 5.63. The number of hydrogen-bond acceptors (Lipinski definition) is 4. The van der Waals surface area contributed by atoms with E-state index >= 15 is 0 Å². The number of thiocarbonyl (C=S) groups is 1.